The molecule has 29 heavy (non-hydrogen) atoms. The van der Waals surface area contributed by atoms with Gasteiger partial charge in [-0.05, 0) is 42.5 Å². The Morgan fingerprint density at radius 2 is 1.59 bits per heavy atom. The Morgan fingerprint density at radius 3 is 2.24 bits per heavy atom. The number of rotatable bonds is 3. The maximum absolute atomic E-state index is 14.4. The molecule has 0 atom stereocenters. The second kappa shape index (κ2) is 7.39. The van der Waals surface area contributed by atoms with E-state index < -0.39 is 21.7 Å². The van der Waals surface area contributed by atoms with Gasteiger partial charge in [0.15, 0.2) is 0 Å². The molecule has 0 aliphatic carbocycles. The molecule has 1 aromatic heterocycles. The Hall–Kier alpha value is -3.09. The molecule has 1 aliphatic heterocycles. The Kier molecular flexibility index (Phi) is 4.90. The van der Waals surface area contributed by atoms with Crippen LogP contribution >= 0.6 is 0 Å². The minimum Gasteiger partial charge on any atom is -0.368 e. The third-order valence-corrected chi connectivity index (χ3v) is 6.88. The van der Waals surface area contributed by atoms with Crippen LogP contribution in [0.5, 0.6) is 0 Å². The number of nitrogens with zero attached hydrogens (tertiary/aromatic N) is 4. The normalized spacial score (nSPS) is 15.4. The smallest absolute Gasteiger partial charge is 0.243 e. The molecule has 1 aliphatic rings. The Bertz CT molecular complexity index is 1220. The number of benzene rings is 2. The first-order valence-corrected chi connectivity index (χ1v) is 10.3. The zero-order chi connectivity index (χ0) is 20.6. The predicted octanol–water partition coefficient (Wildman–Crippen LogP) is 2.90. The first-order chi connectivity index (χ1) is 13.9. The summed E-state index contributed by atoms with van der Waals surface area (Å²) in [7, 11) is -3.70. The monoisotopic (exact) mass is 414 g/mol. The first-order valence-electron chi connectivity index (χ1n) is 8.90. The van der Waals surface area contributed by atoms with Crippen molar-refractivity contribution in [1.82, 2.24) is 9.29 Å². The molecule has 6 nitrogen and oxygen atoms in total. The maximum atomic E-state index is 14.4. The summed E-state index contributed by atoms with van der Waals surface area (Å²) in [6.45, 7) is 1.04. The minimum atomic E-state index is -3.70. The Labute approximate surface area is 166 Å². The molecular weight excluding hydrogens is 398 g/mol. The number of fused-ring (bicyclic) bond motifs is 1. The lowest BCUT2D eigenvalue weighted by Gasteiger charge is -2.35. The zero-order valence-electron chi connectivity index (χ0n) is 15.2. The molecule has 0 bridgehead atoms. The van der Waals surface area contributed by atoms with Gasteiger partial charge in [0.2, 0.25) is 10.0 Å². The number of aromatic nitrogens is 1. The second-order valence-corrected chi connectivity index (χ2v) is 8.55. The van der Waals surface area contributed by atoms with Gasteiger partial charge in [0.1, 0.15) is 17.2 Å². The van der Waals surface area contributed by atoms with E-state index in [4.69, 9.17) is 5.26 Å². The van der Waals surface area contributed by atoms with Crippen molar-refractivity contribution in [3.05, 3.63) is 65.9 Å². The molecule has 0 spiro atoms. The first kappa shape index (κ1) is 19.2. The van der Waals surface area contributed by atoms with Crippen molar-refractivity contribution in [2.24, 2.45) is 0 Å². The summed E-state index contributed by atoms with van der Waals surface area (Å²) in [5.41, 5.74) is 0.824. The van der Waals surface area contributed by atoms with Crippen LogP contribution in [0.4, 0.5) is 14.5 Å². The van der Waals surface area contributed by atoms with Crippen molar-refractivity contribution in [1.29, 1.82) is 5.26 Å². The van der Waals surface area contributed by atoms with Crippen LogP contribution in [-0.2, 0) is 10.0 Å². The Morgan fingerprint density at radius 1 is 0.931 bits per heavy atom. The molecule has 2 aromatic carbocycles. The van der Waals surface area contributed by atoms with Gasteiger partial charge in [0.05, 0.1) is 27.6 Å². The number of anilines is 1. The molecule has 0 amide bonds. The van der Waals surface area contributed by atoms with Gasteiger partial charge in [0.25, 0.3) is 0 Å². The van der Waals surface area contributed by atoms with Crippen molar-refractivity contribution in [3.8, 4) is 6.07 Å². The topological polar surface area (TPSA) is 77.3 Å². The standard InChI is InChI=1S/C20H16F2N4O2S/c21-16-5-6-17(22)20-19(16)18(7-8-24-20)25-9-11-26(12-10-25)29(27,28)15-3-1-14(13-23)2-4-15/h1-8H,9-12H2. The van der Waals surface area contributed by atoms with Gasteiger partial charge in [-0.1, -0.05) is 0 Å². The van der Waals surface area contributed by atoms with Crippen LogP contribution in [0.1, 0.15) is 5.56 Å². The number of hydrogen-bond acceptors (Lipinski definition) is 5. The predicted molar refractivity (Wildman–Crippen MR) is 104 cm³/mol. The lowest BCUT2D eigenvalue weighted by Crippen LogP contribution is -2.48. The van der Waals surface area contributed by atoms with Gasteiger partial charge < -0.3 is 4.90 Å². The summed E-state index contributed by atoms with van der Waals surface area (Å²) in [6.07, 6.45) is 1.42. The molecule has 3 aromatic rings. The molecule has 0 N–H and O–H groups in total. The number of sulfonamides is 1. The van der Waals surface area contributed by atoms with Crippen LogP contribution in [0.25, 0.3) is 10.9 Å². The van der Waals surface area contributed by atoms with E-state index >= 15 is 0 Å². The lowest BCUT2D eigenvalue weighted by molar-refractivity contribution is 0.385. The molecule has 1 saturated heterocycles. The lowest BCUT2D eigenvalue weighted by atomic mass is 10.1. The van der Waals surface area contributed by atoms with Gasteiger partial charge in [-0.3, -0.25) is 4.98 Å². The van der Waals surface area contributed by atoms with Crippen molar-refractivity contribution in [2.75, 3.05) is 31.1 Å². The van der Waals surface area contributed by atoms with Crippen molar-refractivity contribution in [2.45, 2.75) is 4.90 Å². The summed E-state index contributed by atoms with van der Waals surface area (Å²) < 4.78 is 55.4. The zero-order valence-corrected chi connectivity index (χ0v) is 16.0. The van der Waals surface area contributed by atoms with E-state index in [1.54, 1.807) is 6.07 Å². The van der Waals surface area contributed by atoms with Crippen molar-refractivity contribution >= 4 is 26.6 Å². The van der Waals surface area contributed by atoms with Gasteiger partial charge in [0, 0.05) is 32.4 Å². The van der Waals surface area contributed by atoms with Gasteiger partial charge in [-0.2, -0.15) is 9.57 Å². The largest absolute Gasteiger partial charge is 0.368 e. The Balaban J connectivity index is 1.58. The summed E-state index contributed by atoms with van der Waals surface area (Å²) in [4.78, 5) is 5.88. The molecular formula is C20H16F2N4O2S. The number of piperazine rings is 1. The third kappa shape index (κ3) is 3.41. The van der Waals surface area contributed by atoms with E-state index in [1.165, 1.54) is 34.8 Å². The van der Waals surface area contributed by atoms with Crippen LogP contribution in [0, 0.1) is 23.0 Å². The SMILES string of the molecule is N#Cc1ccc(S(=O)(=O)N2CCN(c3ccnc4c(F)ccc(F)c34)CC2)cc1. The second-order valence-electron chi connectivity index (χ2n) is 6.61. The maximum Gasteiger partial charge on any atom is 0.243 e. The van der Waals surface area contributed by atoms with E-state index in [-0.39, 0.29) is 28.9 Å². The number of nitriles is 1. The van der Waals surface area contributed by atoms with E-state index in [9.17, 15) is 17.2 Å². The highest BCUT2D eigenvalue weighted by Gasteiger charge is 2.29. The fourth-order valence-corrected chi connectivity index (χ4v) is 4.88. The quantitative estimate of drug-likeness (QED) is 0.659. The van der Waals surface area contributed by atoms with E-state index in [1.807, 2.05) is 11.0 Å². The number of hydrogen-bond donors (Lipinski definition) is 0. The summed E-state index contributed by atoms with van der Waals surface area (Å²) in [5, 5.41) is 8.95. The summed E-state index contributed by atoms with van der Waals surface area (Å²) in [6, 6.07) is 11.4. The van der Waals surface area contributed by atoms with Crippen LogP contribution in [0.15, 0.2) is 53.6 Å². The van der Waals surface area contributed by atoms with Gasteiger partial charge in [-0.25, -0.2) is 17.2 Å². The molecule has 4 rings (SSSR count). The molecule has 148 valence electrons. The minimum absolute atomic E-state index is 0.0462. The average Bonchev–Trinajstić information content (AvgIpc) is 2.76. The van der Waals surface area contributed by atoms with Gasteiger partial charge >= 0.3 is 0 Å². The molecule has 1 fully saturated rings. The van der Waals surface area contributed by atoms with Crippen molar-refractivity contribution in [3.63, 3.8) is 0 Å². The van der Waals surface area contributed by atoms with Crippen LogP contribution in [0.3, 0.4) is 0 Å². The van der Waals surface area contributed by atoms with Gasteiger partial charge in [-0.15, -0.1) is 0 Å². The van der Waals surface area contributed by atoms with E-state index in [0.717, 1.165) is 12.1 Å². The average molecular weight is 414 g/mol. The van der Waals surface area contributed by atoms with Crippen LogP contribution in [-0.4, -0.2) is 43.9 Å². The summed E-state index contributed by atoms with van der Waals surface area (Å²) >= 11 is 0. The number of halogens is 2. The van der Waals surface area contributed by atoms with E-state index in [0.29, 0.717) is 24.3 Å². The van der Waals surface area contributed by atoms with Crippen LogP contribution in [0.2, 0.25) is 0 Å². The molecule has 0 unspecified atom stereocenters. The highest BCUT2D eigenvalue weighted by atomic mass is 32.2. The van der Waals surface area contributed by atoms with E-state index in [2.05, 4.69) is 4.98 Å². The summed E-state index contributed by atoms with van der Waals surface area (Å²) in [5.74, 6) is -1.18. The molecule has 9 heteroatoms. The molecule has 0 radical (unpaired) electrons. The molecule has 0 saturated carbocycles. The fourth-order valence-electron chi connectivity index (χ4n) is 3.46. The third-order valence-electron chi connectivity index (χ3n) is 4.97. The highest BCUT2D eigenvalue weighted by molar-refractivity contribution is 7.89. The fraction of sp³-hybridized carbons (Fsp3) is 0.200. The van der Waals surface area contributed by atoms with Crippen molar-refractivity contribution < 1.29 is 17.2 Å². The molecule has 2 heterocycles. The number of pyridine rings is 1. The van der Waals surface area contributed by atoms with Crippen LogP contribution < -0.4 is 4.90 Å². The highest BCUT2D eigenvalue weighted by Crippen LogP contribution is 2.30.